The van der Waals surface area contributed by atoms with Crippen molar-refractivity contribution in [3.05, 3.63) is 58.9 Å². The van der Waals surface area contributed by atoms with Crippen molar-refractivity contribution in [1.82, 2.24) is 4.98 Å². The summed E-state index contributed by atoms with van der Waals surface area (Å²) in [5.74, 6) is 0.931. The van der Waals surface area contributed by atoms with Gasteiger partial charge in [-0.15, -0.1) is 0 Å². The van der Waals surface area contributed by atoms with E-state index in [1.54, 1.807) is 12.1 Å². The molecule has 1 aliphatic rings. The molecule has 1 saturated carbocycles. The van der Waals surface area contributed by atoms with Crippen molar-refractivity contribution in [2.75, 3.05) is 5.32 Å². The maximum Gasteiger partial charge on any atom is 0.227 e. The van der Waals surface area contributed by atoms with E-state index in [0.717, 1.165) is 41.6 Å². The summed E-state index contributed by atoms with van der Waals surface area (Å²) < 4.78 is 5.76. The lowest BCUT2D eigenvalue weighted by Gasteiger charge is -2.24. The molecule has 5 heteroatoms. The average Bonchev–Trinajstić information content (AvgIpc) is 2.86. The molecule has 1 aromatic heterocycles. The topological polar surface area (TPSA) is 55.1 Å². The second kappa shape index (κ2) is 6.29. The van der Waals surface area contributed by atoms with Gasteiger partial charge in [-0.1, -0.05) is 30.2 Å². The Morgan fingerprint density at radius 1 is 1.25 bits per heavy atom. The van der Waals surface area contributed by atoms with Gasteiger partial charge in [-0.25, -0.2) is 4.98 Å². The number of halogens is 1. The molecular formula is C19H17ClN2O2. The Balaban J connectivity index is 1.50. The first kappa shape index (κ1) is 15.2. The van der Waals surface area contributed by atoms with E-state index < -0.39 is 0 Å². The largest absolute Gasteiger partial charge is 0.440 e. The Bertz CT molecular complexity index is 899. The SMILES string of the molecule is O=C(Nc1cccc(Cc2nc3cc(Cl)ccc3o2)c1)C1CCC1. The minimum atomic E-state index is 0.120. The molecule has 0 aliphatic heterocycles. The molecule has 0 spiro atoms. The Hall–Kier alpha value is -2.33. The van der Waals surface area contributed by atoms with Crippen LogP contribution in [-0.2, 0) is 11.2 Å². The van der Waals surface area contributed by atoms with Crippen LogP contribution in [-0.4, -0.2) is 10.9 Å². The van der Waals surface area contributed by atoms with Gasteiger partial charge in [-0.2, -0.15) is 0 Å². The van der Waals surface area contributed by atoms with Crippen molar-refractivity contribution in [2.45, 2.75) is 25.7 Å². The quantitative estimate of drug-likeness (QED) is 0.741. The van der Waals surface area contributed by atoms with Crippen LogP contribution in [0.1, 0.15) is 30.7 Å². The first-order valence-electron chi connectivity index (χ1n) is 8.12. The second-order valence-electron chi connectivity index (χ2n) is 6.21. The molecular weight excluding hydrogens is 324 g/mol. The fraction of sp³-hybridized carbons (Fsp3) is 0.263. The fourth-order valence-corrected chi connectivity index (χ4v) is 3.04. The minimum Gasteiger partial charge on any atom is -0.440 e. The number of carbonyl (C=O) groups is 1. The molecule has 0 bridgehead atoms. The smallest absolute Gasteiger partial charge is 0.227 e. The molecule has 24 heavy (non-hydrogen) atoms. The molecule has 1 amide bonds. The predicted octanol–water partition coefficient (Wildman–Crippen LogP) is 4.81. The molecule has 0 saturated heterocycles. The average molecular weight is 341 g/mol. The summed E-state index contributed by atoms with van der Waals surface area (Å²) in [4.78, 5) is 16.5. The van der Waals surface area contributed by atoms with Crippen LogP contribution in [0.25, 0.3) is 11.1 Å². The minimum absolute atomic E-state index is 0.120. The van der Waals surface area contributed by atoms with Crippen LogP contribution in [0.3, 0.4) is 0 Å². The van der Waals surface area contributed by atoms with Gasteiger partial charge in [-0.3, -0.25) is 4.79 Å². The number of carbonyl (C=O) groups excluding carboxylic acids is 1. The van der Waals surface area contributed by atoms with Crippen LogP contribution < -0.4 is 5.32 Å². The van der Waals surface area contributed by atoms with Crippen molar-refractivity contribution in [3.63, 3.8) is 0 Å². The van der Waals surface area contributed by atoms with Gasteiger partial charge in [0.1, 0.15) is 5.52 Å². The standard InChI is InChI=1S/C19H17ClN2O2/c20-14-7-8-17-16(11-14)22-18(24-17)10-12-3-1-6-15(9-12)21-19(23)13-4-2-5-13/h1,3,6-9,11,13H,2,4-5,10H2,(H,21,23). The predicted molar refractivity (Wildman–Crippen MR) is 94.2 cm³/mol. The van der Waals surface area contributed by atoms with Crippen LogP contribution in [0.2, 0.25) is 5.02 Å². The second-order valence-corrected chi connectivity index (χ2v) is 6.65. The summed E-state index contributed by atoms with van der Waals surface area (Å²) in [6.07, 6.45) is 3.72. The van der Waals surface area contributed by atoms with E-state index in [1.807, 2.05) is 30.3 Å². The third kappa shape index (κ3) is 3.15. The zero-order valence-corrected chi connectivity index (χ0v) is 13.8. The Morgan fingerprint density at radius 2 is 2.12 bits per heavy atom. The lowest BCUT2D eigenvalue weighted by molar-refractivity contribution is -0.122. The van der Waals surface area contributed by atoms with Gasteiger partial charge in [0.2, 0.25) is 5.91 Å². The molecule has 1 heterocycles. The fourth-order valence-electron chi connectivity index (χ4n) is 2.87. The molecule has 4 rings (SSSR count). The van der Waals surface area contributed by atoms with Gasteiger partial charge in [-0.05, 0) is 48.7 Å². The summed E-state index contributed by atoms with van der Waals surface area (Å²) in [5, 5.41) is 3.64. The highest BCUT2D eigenvalue weighted by Crippen LogP contribution is 2.28. The van der Waals surface area contributed by atoms with Gasteiger partial charge in [0.05, 0.1) is 0 Å². The number of aromatic nitrogens is 1. The van der Waals surface area contributed by atoms with Crippen LogP contribution in [0.15, 0.2) is 46.9 Å². The lowest BCUT2D eigenvalue weighted by Crippen LogP contribution is -2.28. The number of hydrogen-bond donors (Lipinski definition) is 1. The molecule has 122 valence electrons. The number of hydrogen-bond acceptors (Lipinski definition) is 3. The zero-order valence-electron chi connectivity index (χ0n) is 13.1. The molecule has 3 aromatic rings. The van der Waals surface area contributed by atoms with Crippen molar-refractivity contribution >= 4 is 34.3 Å². The van der Waals surface area contributed by atoms with Crippen LogP contribution in [0.5, 0.6) is 0 Å². The monoisotopic (exact) mass is 340 g/mol. The van der Waals surface area contributed by atoms with Crippen molar-refractivity contribution in [1.29, 1.82) is 0 Å². The highest BCUT2D eigenvalue weighted by molar-refractivity contribution is 6.31. The van der Waals surface area contributed by atoms with Crippen LogP contribution in [0.4, 0.5) is 5.69 Å². The Kier molecular flexibility index (Phi) is 3.98. The molecule has 0 radical (unpaired) electrons. The number of nitrogens with one attached hydrogen (secondary N) is 1. The van der Waals surface area contributed by atoms with Gasteiger partial charge in [0, 0.05) is 23.0 Å². The summed E-state index contributed by atoms with van der Waals surface area (Å²) in [5.41, 5.74) is 3.35. The molecule has 4 nitrogen and oxygen atoms in total. The zero-order chi connectivity index (χ0) is 16.5. The summed E-state index contributed by atoms with van der Waals surface area (Å²) in [6, 6.07) is 13.2. The maximum atomic E-state index is 12.1. The van der Waals surface area contributed by atoms with E-state index in [-0.39, 0.29) is 11.8 Å². The van der Waals surface area contributed by atoms with Crippen LogP contribution >= 0.6 is 11.6 Å². The van der Waals surface area contributed by atoms with Gasteiger partial charge >= 0.3 is 0 Å². The molecule has 1 fully saturated rings. The first-order chi connectivity index (χ1) is 11.7. The molecule has 0 unspecified atom stereocenters. The lowest BCUT2D eigenvalue weighted by atomic mass is 9.85. The molecule has 1 N–H and O–H groups in total. The summed E-state index contributed by atoms with van der Waals surface area (Å²) in [6.45, 7) is 0. The van der Waals surface area contributed by atoms with Gasteiger partial charge in [0.25, 0.3) is 0 Å². The van der Waals surface area contributed by atoms with Crippen molar-refractivity contribution in [2.24, 2.45) is 5.92 Å². The molecule has 1 aliphatic carbocycles. The van der Waals surface area contributed by atoms with Crippen molar-refractivity contribution in [3.8, 4) is 0 Å². The summed E-state index contributed by atoms with van der Waals surface area (Å²) in [7, 11) is 0. The van der Waals surface area contributed by atoms with E-state index in [4.69, 9.17) is 16.0 Å². The van der Waals surface area contributed by atoms with E-state index in [9.17, 15) is 4.79 Å². The third-order valence-corrected chi connectivity index (χ3v) is 4.65. The Labute approximate surface area is 144 Å². The third-order valence-electron chi connectivity index (χ3n) is 4.42. The molecule has 2 aromatic carbocycles. The summed E-state index contributed by atoms with van der Waals surface area (Å²) >= 11 is 5.98. The van der Waals surface area contributed by atoms with E-state index in [0.29, 0.717) is 17.3 Å². The van der Waals surface area contributed by atoms with E-state index in [1.165, 1.54) is 0 Å². The highest BCUT2D eigenvalue weighted by Gasteiger charge is 2.25. The maximum absolute atomic E-state index is 12.1. The van der Waals surface area contributed by atoms with Crippen molar-refractivity contribution < 1.29 is 9.21 Å². The normalized spacial score (nSPS) is 14.5. The number of amides is 1. The van der Waals surface area contributed by atoms with Gasteiger partial charge < -0.3 is 9.73 Å². The number of fused-ring (bicyclic) bond motifs is 1. The highest BCUT2D eigenvalue weighted by atomic mass is 35.5. The van der Waals surface area contributed by atoms with Crippen LogP contribution in [0, 0.1) is 5.92 Å². The number of nitrogens with zero attached hydrogens (tertiary/aromatic N) is 1. The number of anilines is 1. The number of rotatable bonds is 4. The van der Waals surface area contributed by atoms with E-state index in [2.05, 4.69) is 10.3 Å². The van der Waals surface area contributed by atoms with E-state index >= 15 is 0 Å². The molecule has 0 atom stereocenters. The number of oxazole rings is 1. The first-order valence-corrected chi connectivity index (χ1v) is 8.50. The Morgan fingerprint density at radius 3 is 2.92 bits per heavy atom. The van der Waals surface area contributed by atoms with Gasteiger partial charge in [0.15, 0.2) is 11.5 Å². The number of benzene rings is 2.